The monoisotopic (exact) mass is 405 g/mol. The van der Waals surface area contributed by atoms with E-state index in [1.165, 1.54) is 29.7 Å². The van der Waals surface area contributed by atoms with Crippen LogP contribution in [0.2, 0.25) is 0 Å². The van der Waals surface area contributed by atoms with Crippen LogP contribution in [-0.2, 0) is 6.54 Å². The third-order valence-corrected chi connectivity index (χ3v) is 5.57. The van der Waals surface area contributed by atoms with Gasteiger partial charge < -0.3 is 5.32 Å². The second-order valence-electron chi connectivity index (χ2n) is 7.77. The third-order valence-electron chi connectivity index (χ3n) is 5.57. The first-order valence-electron chi connectivity index (χ1n) is 10.7. The lowest BCUT2D eigenvalue weighted by Crippen LogP contribution is -2.26. The van der Waals surface area contributed by atoms with Gasteiger partial charge in [0.1, 0.15) is 11.5 Å². The van der Waals surface area contributed by atoms with Gasteiger partial charge in [-0.05, 0) is 37.5 Å². The number of aromatic nitrogens is 4. The molecule has 1 saturated carbocycles. The predicted molar refractivity (Wildman–Crippen MR) is 116 cm³/mol. The van der Waals surface area contributed by atoms with Crippen molar-refractivity contribution in [1.29, 1.82) is 0 Å². The van der Waals surface area contributed by atoms with Crippen molar-refractivity contribution in [2.75, 3.05) is 5.32 Å². The number of unbranched alkanes of at least 4 members (excludes halogenated alkanes) is 1. The van der Waals surface area contributed by atoms with E-state index in [0.29, 0.717) is 18.3 Å². The topological polar surface area (TPSA) is 81.8 Å². The molecule has 1 fully saturated rings. The Morgan fingerprint density at radius 2 is 1.87 bits per heavy atom. The molecule has 30 heavy (non-hydrogen) atoms. The fraction of sp³-hybridized carbons (Fsp3) is 0.391. The van der Waals surface area contributed by atoms with E-state index in [4.69, 9.17) is 5.10 Å². The molecule has 0 aliphatic heterocycles. The van der Waals surface area contributed by atoms with Crippen LogP contribution < -0.4 is 10.9 Å². The second-order valence-corrected chi connectivity index (χ2v) is 7.77. The number of rotatable bonds is 7. The molecule has 1 aromatic carbocycles. The van der Waals surface area contributed by atoms with Crippen LogP contribution in [0.25, 0.3) is 5.69 Å². The standard InChI is InChI=1S/C23H27N5O2/c1-2-3-15-27-22(29)14-13-19(25-27)23(30)24-21-16-20(17-9-7-8-10-17)26-28(21)18-11-5-4-6-12-18/h4-6,11-14,16-17H,2-3,7-10,15H2,1H3,(H,24,30). The highest BCUT2D eigenvalue weighted by Crippen LogP contribution is 2.35. The smallest absolute Gasteiger partial charge is 0.277 e. The Morgan fingerprint density at radius 1 is 1.10 bits per heavy atom. The van der Waals surface area contributed by atoms with Crippen LogP contribution in [0.5, 0.6) is 0 Å². The minimum Gasteiger partial charge on any atom is -0.305 e. The number of hydrogen-bond donors (Lipinski definition) is 1. The largest absolute Gasteiger partial charge is 0.305 e. The lowest BCUT2D eigenvalue weighted by Gasteiger charge is -2.09. The van der Waals surface area contributed by atoms with Gasteiger partial charge in [-0.3, -0.25) is 9.59 Å². The maximum Gasteiger partial charge on any atom is 0.277 e. The first-order chi connectivity index (χ1) is 14.7. The van der Waals surface area contributed by atoms with Gasteiger partial charge in [0.25, 0.3) is 11.5 Å². The van der Waals surface area contributed by atoms with Gasteiger partial charge in [0.2, 0.25) is 0 Å². The van der Waals surface area contributed by atoms with Crippen molar-refractivity contribution in [3.05, 3.63) is 70.3 Å². The summed E-state index contributed by atoms with van der Waals surface area (Å²) >= 11 is 0. The summed E-state index contributed by atoms with van der Waals surface area (Å²) in [5, 5.41) is 12.0. The summed E-state index contributed by atoms with van der Waals surface area (Å²) in [7, 11) is 0. The van der Waals surface area contributed by atoms with Crippen molar-refractivity contribution in [1.82, 2.24) is 19.6 Å². The number of anilines is 1. The normalized spacial score (nSPS) is 14.2. The molecule has 7 nitrogen and oxygen atoms in total. The Hall–Kier alpha value is -3.22. The molecule has 0 spiro atoms. The SMILES string of the molecule is CCCCn1nc(C(=O)Nc2cc(C3CCCC3)nn2-c2ccccc2)ccc1=O. The Labute approximate surface area is 175 Å². The minimum atomic E-state index is -0.352. The van der Waals surface area contributed by atoms with Crippen LogP contribution in [0.4, 0.5) is 5.82 Å². The summed E-state index contributed by atoms with van der Waals surface area (Å²) in [6.45, 7) is 2.55. The second kappa shape index (κ2) is 9.07. The summed E-state index contributed by atoms with van der Waals surface area (Å²) in [5.74, 6) is 0.691. The molecule has 1 aliphatic carbocycles. The fourth-order valence-corrected chi connectivity index (χ4v) is 3.89. The van der Waals surface area contributed by atoms with Crippen molar-refractivity contribution in [3.8, 4) is 5.69 Å². The van der Waals surface area contributed by atoms with Gasteiger partial charge in [0.05, 0.1) is 11.4 Å². The summed E-state index contributed by atoms with van der Waals surface area (Å²) in [6, 6.07) is 14.6. The zero-order chi connectivity index (χ0) is 20.9. The van der Waals surface area contributed by atoms with E-state index in [1.807, 2.05) is 43.3 Å². The lowest BCUT2D eigenvalue weighted by molar-refractivity contribution is 0.101. The van der Waals surface area contributed by atoms with Crippen molar-refractivity contribution >= 4 is 11.7 Å². The highest BCUT2D eigenvalue weighted by Gasteiger charge is 2.23. The molecule has 156 valence electrons. The molecule has 0 unspecified atom stereocenters. The van der Waals surface area contributed by atoms with Gasteiger partial charge in [0.15, 0.2) is 0 Å². The number of aryl methyl sites for hydroxylation is 1. The summed E-state index contributed by atoms with van der Waals surface area (Å²) < 4.78 is 3.13. The summed E-state index contributed by atoms with van der Waals surface area (Å²) in [5.41, 5.74) is 1.91. The quantitative estimate of drug-likeness (QED) is 0.640. The first-order valence-corrected chi connectivity index (χ1v) is 10.7. The Bertz CT molecular complexity index is 1060. The molecule has 1 N–H and O–H groups in total. The van der Waals surface area contributed by atoms with E-state index >= 15 is 0 Å². The predicted octanol–water partition coefficient (Wildman–Crippen LogP) is 4.14. The third kappa shape index (κ3) is 4.35. The number of nitrogens with one attached hydrogen (secondary N) is 1. The van der Waals surface area contributed by atoms with E-state index in [2.05, 4.69) is 10.4 Å². The van der Waals surface area contributed by atoms with Crippen molar-refractivity contribution in [2.24, 2.45) is 0 Å². The number of carbonyl (C=O) groups excluding carboxylic acids is 1. The molecule has 0 radical (unpaired) electrons. The first kappa shape index (κ1) is 20.1. The highest BCUT2D eigenvalue weighted by molar-refractivity contribution is 6.02. The molecule has 0 bridgehead atoms. The molecular formula is C23H27N5O2. The van der Waals surface area contributed by atoms with Crippen LogP contribution in [0.3, 0.4) is 0 Å². The average Bonchev–Trinajstić information content (AvgIpc) is 3.44. The van der Waals surface area contributed by atoms with Gasteiger partial charge in [0, 0.05) is 24.6 Å². The van der Waals surface area contributed by atoms with Gasteiger partial charge in [-0.2, -0.15) is 10.2 Å². The molecule has 2 aromatic heterocycles. The number of nitrogens with zero attached hydrogens (tertiary/aromatic N) is 4. The van der Waals surface area contributed by atoms with E-state index < -0.39 is 0 Å². The number of benzene rings is 1. The molecule has 3 aromatic rings. The Morgan fingerprint density at radius 3 is 2.60 bits per heavy atom. The van der Waals surface area contributed by atoms with Gasteiger partial charge >= 0.3 is 0 Å². The molecule has 7 heteroatoms. The molecule has 1 aliphatic rings. The molecule has 2 heterocycles. The van der Waals surface area contributed by atoms with Crippen molar-refractivity contribution in [2.45, 2.75) is 57.9 Å². The van der Waals surface area contributed by atoms with E-state index in [9.17, 15) is 9.59 Å². The average molecular weight is 406 g/mol. The summed E-state index contributed by atoms with van der Waals surface area (Å²) in [4.78, 5) is 24.9. The van der Waals surface area contributed by atoms with Crippen LogP contribution in [0.1, 0.15) is 67.5 Å². The van der Waals surface area contributed by atoms with Gasteiger partial charge in [-0.1, -0.05) is 44.4 Å². The van der Waals surface area contributed by atoms with Crippen molar-refractivity contribution < 1.29 is 4.79 Å². The Balaban J connectivity index is 1.63. The lowest BCUT2D eigenvalue weighted by atomic mass is 10.0. The van der Waals surface area contributed by atoms with Crippen LogP contribution in [0.15, 0.2) is 53.3 Å². The molecular weight excluding hydrogens is 378 g/mol. The zero-order valence-electron chi connectivity index (χ0n) is 17.3. The molecule has 4 rings (SSSR count). The maximum atomic E-state index is 12.9. The Kier molecular flexibility index (Phi) is 6.07. The maximum absolute atomic E-state index is 12.9. The van der Waals surface area contributed by atoms with Crippen LogP contribution in [-0.4, -0.2) is 25.5 Å². The van der Waals surface area contributed by atoms with E-state index in [0.717, 1.165) is 37.1 Å². The number of carbonyl (C=O) groups is 1. The molecule has 1 amide bonds. The van der Waals surface area contributed by atoms with Gasteiger partial charge in [-0.15, -0.1) is 0 Å². The van der Waals surface area contributed by atoms with Crippen molar-refractivity contribution in [3.63, 3.8) is 0 Å². The van der Waals surface area contributed by atoms with Crippen LogP contribution in [0, 0.1) is 0 Å². The summed E-state index contributed by atoms with van der Waals surface area (Å²) in [6.07, 6.45) is 6.47. The number of hydrogen-bond acceptors (Lipinski definition) is 4. The highest BCUT2D eigenvalue weighted by atomic mass is 16.2. The van der Waals surface area contributed by atoms with Gasteiger partial charge in [-0.25, -0.2) is 9.36 Å². The van der Waals surface area contributed by atoms with E-state index in [1.54, 1.807) is 4.68 Å². The van der Waals surface area contributed by atoms with E-state index in [-0.39, 0.29) is 17.2 Å². The minimum absolute atomic E-state index is 0.196. The number of amides is 1. The zero-order valence-corrected chi connectivity index (χ0v) is 17.3. The molecule has 0 atom stereocenters. The van der Waals surface area contributed by atoms with Crippen LogP contribution >= 0.6 is 0 Å². The fourth-order valence-electron chi connectivity index (χ4n) is 3.89. The number of para-hydroxylation sites is 1. The molecule has 0 saturated heterocycles.